The van der Waals surface area contributed by atoms with Crippen molar-refractivity contribution in [3.05, 3.63) is 51.8 Å². The topological polar surface area (TPSA) is 125 Å². The van der Waals surface area contributed by atoms with Crippen LogP contribution in [0.1, 0.15) is 63.4 Å². The fourth-order valence-electron chi connectivity index (χ4n) is 4.41. The summed E-state index contributed by atoms with van der Waals surface area (Å²) in [5, 5.41) is 13.1. The second-order valence-corrected chi connectivity index (χ2v) is 9.87. The zero-order chi connectivity index (χ0) is 27.6. The minimum atomic E-state index is -0.778. The third-order valence-corrected chi connectivity index (χ3v) is 6.88. The molecule has 0 aliphatic rings. The first-order valence-corrected chi connectivity index (χ1v) is 13.3. The van der Waals surface area contributed by atoms with Gasteiger partial charge in [-0.15, -0.1) is 10.2 Å². The number of ether oxygens (including phenoxy) is 2. The Kier molecular flexibility index (Phi) is 8.05. The lowest BCUT2D eigenvalue weighted by atomic mass is 10.0. The highest BCUT2D eigenvalue weighted by molar-refractivity contribution is 7.99. The summed E-state index contributed by atoms with van der Waals surface area (Å²) in [5.41, 5.74) is 4.99. The molecule has 4 aromatic rings. The molecule has 0 unspecified atom stereocenters. The molecule has 11 heteroatoms. The van der Waals surface area contributed by atoms with E-state index in [4.69, 9.17) is 13.9 Å². The Hall–Kier alpha value is -3.86. The molecule has 0 fully saturated rings. The van der Waals surface area contributed by atoms with Crippen LogP contribution in [0.5, 0.6) is 0 Å². The second-order valence-electron chi connectivity index (χ2n) is 8.81. The number of aromatic nitrogens is 3. The number of carbonyl (C=O) groups excluding carboxylic acids is 3. The second kappa shape index (κ2) is 11.3. The number of esters is 2. The number of thioether (sulfide) groups is 1. The van der Waals surface area contributed by atoms with Gasteiger partial charge >= 0.3 is 11.9 Å². The van der Waals surface area contributed by atoms with E-state index in [1.807, 2.05) is 10.5 Å². The molecule has 1 amide bonds. The van der Waals surface area contributed by atoms with Crippen LogP contribution in [0.2, 0.25) is 0 Å². The van der Waals surface area contributed by atoms with Gasteiger partial charge in [0.15, 0.2) is 10.8 Å². The molecule has 0 atom stereocenters. The van der Waals surface area contributed by atoms with E-state index in [-0.39, 0.29) is 42.4 Å². The number of benzene rings is 1. The van der Waals surface area contributed by atoms with E-state index < -0.39 is 17.8 Å². The SMILES string of the molecule is CCOC(=O)c1c(C)oc(NC(=O)CCSc2nnc3cc(C)c4cc(C)cc(C)c4n23)c1C(=O)OCC. The third kappa shape index (κ3) is 5.24. The monoisotopic (exact) mass is 538 g/mol. The van der Waals surface area contributed by atoms with Gasteiger partial charge in [0.05, 0.1) is 18.7 Å². The summed E-state index contributed by atoms with van der Waals surface area (Å²) < 4.78 is 17.7. The fourth-order valence-corrected chi connectivity index (χ4v) is 5.29. The Bertz CT molecular complexity index is 1550. The number of nitrogens with one attached hydrogen (secondary N) is 1. The molecule has 0 aliphatic heterocycles. The quantitative estimate of drug-likeness (QED) is 0.226. The maximum Gasteiger partial charge on any atom is 0.344 e. The third-order valence-electron chi connectivity index (χ3n) is 5.95. The van der Waals surface area contributed by atoms with E-state index in [9.17, 15) is 14.4 Å². The van der Waals surface area contributed by atoms with Crippen LogP contribution in [-0.4, -0.2) is 51.4 Å². The van der Waals surface area contributed by atoms with Crippen LogP contribution < -0.4 is 5.32 Å². The maximum atomic E-state index is 12.8. The minimum absolute atomic E-state index is 0.0577. The zero-order valence-corrected chi connectivity index (χ0v) is 23.1. The van der Waals surface area contributed by atoms with Gasteiger partial charge in [-0.3, -0.25) is 14.5 Å². The molecular weight excluding hydrogens is 508 g/mol. The summed E-state index contributed by atoms with van der Waals surface area (Å²) in [6, 6.07) is 6.28. The van der Waals surface area contributed by atoms with Crippen molar-refractivity contribution in [2.75, 3.05) is 24.3 Å². The largest absolute Gasteiger partial charge is 0.462 e. The number of amides is 1. The molecule has 38 heavy (non-hydrogen) atoms. The molecule has 10 nitrogen and oxygen atoms in total. The highest BCUT2D eigenvalue weighted by atomic mass is 32.2. The van der Waals surface area contributed by atoms with Gasteiger partial charge < -0.3 is 13.9 Å². The number of carbonyl (C=O) groups is 3. The first-order chi connectivity index (χ1) is 18.2. The predicted molar refractivity (Wildman–Crippen MR) is 144 cm³/mol. The van der Waals surface area contributed by atoms with E-state index in [0.717, 1.165) is 27.7 Å². The van der Waals surface area contributed by atoms with Crippen molar-refractivity contribution in [2.45, 2.75) is 53.1 Å². The highest BCUT2D eigenvalue weighted by Gasteiger charge is 2.31. The predicted octanol–water partition coefficient (Wildman–Crippen LogP) is 5.18. The number of aryl methyl sites for hydroxylation is 4. The normalized spacial score (nSPS) is 11.2. The number of pyridine rings is 1. The summed E-state index contributed by atoms with van der Waals surface area (Å²) >= 11 is 1.40. The van der Waals surface area contributed by atoms with Crippen LogP contribution in [0.25, 0.3) is 16.6 Å². The molecule has 3 heterocycles. The first kappa shape index (κ1) is 27.2. The van der Waals surface area contributed by atoms with Crippen molar-refractivity contribution in [1.29, 1.82) is 0 Å². The van der Waals surface area contributed by atoms with Gasteiger partial charge in [-0.2, -0.15) is 0 Å². The van der Waals surface area contributed by atoms with E-state index in [1.165, 1.54) is 24.2 Å². The molecule has 0 saturated heterocycles. The Morgan fingerprint density at radius 3 is 2.32 bits per heavy atom. The molecule has 0 spiro atoms. The summed E-state index contributed by atoms with van der Waals surface area (Å²) in [4.78, 5) is 37.8. The van der Waals surface area contributed by atoms with Gasteiger partial charge in [0.2, 0.25) is 11.8 Å². The fraction of sp³-hybridized carbons (Fsp3) is 0.370. The first-order valence-electron chi connectivity index (χ1n) is 12.3. The lowest BCUT2D eigenvalue weighted by molar-refractivity contribution is -0.115. The average molecular weight is 539 g/mol. The number of hydrogen-bond donors (Lipinski definition) is 1. The Balaban J connectivity index is 1.53. The van der Waals surface area contributed by atoms with Crippen LogP contribution in [0.15, 0.2) is 27.8 Å². The molecule has 0 aliphatic carbocycles. The van der Waals surface area contributed by atoms with E-state index >= 15 is 0 Å². The van der Waals surface area contributed by atoms with Gasteiger partial charge in [0.1, 0.15) is 16.9 Å². The van der Waals surface area contributed by atoms with Crippen LogP contribution in [0, 0.1) is 27.7 Å². The Labute approximate surface area is 224 Å². The molecule has 1 N–H and O–H groups in total. The van der Waals surface area contributed by atoms with E-state index in [2.05, 4.69) is 48.4 Å². The molecule has 0 saturated carbocycles. The van der Waals surface area contributed by atoms with Gasteiger partial charge in [0, 0.05) is 17.6 Å². The van der Waals surface area contributed by atoms with E-state index in [1.54, 1.807) is 13.8 Å². The molecule has 0 bridgehead atoms. The van der Waals surface area contributed by atoms with Crippen LogP contribution in [0.4, 0.5) is 5.88 Å². The molecular formula is C27H30N4O6S. The smallest absolute Gasteiger partial charge is 0.344 e. The van der Waals surface area contributed by atoms with Crippen LogP contribution >= 0.6 is 11.8 Å². The number of nitrogens with zero attached hydrogens (tertiary/aromatic N) is 3. The number of anilines is 1. The van der Waals surface area contributed by atoms with Crippen molar-refractivity contribution < 1.29 is 28.3 Å². The number of fused-ring (bicyclic) bond motifs is 3. The Morgan fingerprint density at radius 2 is 1.63 bits per heavy atom. The van der Waals surface area contributed by atoms with Gasteiger partial charge in [-0.05, 0) is 64.8 Å². The molecule has 1 aromatic carbocycles. The van der Waals surface area contributed by atoms with Crippen molar-refractivity contribution in [3.8, 4) is 0 Å². The number of furan rings is 1. The molecule has 3 aromatic heterocycles. The summed E-state index contributed by atoms with van der Waals surface area (Å²) in [6.07, 6.45) is 0.0955. The summed E-state index contributed by atoms with van der Waals surface area (Å²) in [6.45, 7) is 11.2. The highest BCUT2D eigenvalue weighted by Crippen LogP contribution is 2.31. The lowest BCUT2D eigenvalue weighted by Crippen LogP contribution is -2.17. The Morgan fingerprint density at radius 1 is 0.947 bits per heavy atom. The number of hydrogen-bond acceptors (Lipinski definition) is 9. The summed E-state index contributed by atoms with van der Waals surface area (Å²) in [5.74, 6) is -1.49. The van der Waals surface area contributed by atoms with Crippen molar-refractivity contribution >= 4 is 52.0 Å². The van der Waals surface area contributed by atoms with Crippen LogP contribution in [-0.2, 0) is 14.3 Å². The van der Waals surface area contributed by atoms with Crippen molar-refractivity contribution in [3.63, 3.8) is 0 Å². The minimum Gasteiger partial charge on any atom is -0.462 e. The van der Waals surface area contributed by atoms with Gasteiger partial charge in [-0.1, -0.05) is 23.4 Å². The van der Waals surface area contributed by atoms with Crippen molar-refractivity contribution in [1.82, 2.24) is 14.6 Å². The molecule has 200 valence electrons. The van der Waals surface area contributed by atoms with Crippen LogP contribution in [0.3, 0.4) is 0 Å². The van der Waals surface area contributed by atoms with Gasteiger partial charge in [0.25, 0.3) is 0 Å². The summed E-state index contributed by atoms with van der Waals surface area (Å²) in [7, 11) is 0. The van der Waals surface area contributed by atoms with Crippen molar-refractivity contribution in [2.24, 2.45) is 0 Å². The zero-order valence-electron chi connectivity index (χ0n) is 22.3. The number of rotatable bonds is 9. The average Bonchev–Trinajstić information content (AvgIpc) is 3.39. The van der Waals surface area contributed by atoms with Gasteiger partial charge in [-0.25, -0.2) is 9.59 Å². The standard InChI is InChI=1S/C27H30N4O6S/c1-7-35-25(33)21-17(6)37-24(22(21)26(34)36-8-2)28-20(32)9-10-38-27-30-29-19-13-15(4)18-12-14(3)11-16(5)23(18)31(19)27/h11-13H,7-10H2,1-6H3,(H,28,32). The maximum absolute atomic E-state index is 12.8. The van der Waals surface area contributed by atoms with E-state index in [0.29, 0.717) is 10.9 Å². The lowest BCUT2D eigenvalue weighted by Gasteiger charge is -2.11. The molecule has 0 radical (unpaired) electrons. The molecule has 4 rings (SSSR count).